The number of piperidine rings is 1. The standard InChI is InChI=1S/C30H41N3O6/c1-32(2)13-6-16-38-24-9-5-8-23(17-24)29(37)33-14-11-30(12-15-33)19-26(35)25(34)18-22-7-3-4-10-27(22)39-20-28(36)31-21-30/h3-5,7-10,17,25-26,34-35H,6,11-16,18-21H2,1-2H3,(H,31,36)/t25-,26+/m0/s1. The van der Waals surface area contributed by atoms with Crippen molar-refractivity contribution in [2.24, 2.45) is 5.41 Å². The van der Waals surface area contributed by atoms with Gasteiger partial charge in [0.05, 0.1) is 18.8 Å². The molecule has 0 aliphatic carbocycles. The fraction of sp³-hybridized carbons (Fsp3) is 0.533. The molecule has 2 aliphatic rings. The molecule has 0 radical (unpaired) electrons. The van der Waals surface area contributed by atoms with Crippen molar-refractivity contribution >= 4 is 11.8 Å². The van der Waals surface area contributed by atoms with E-state index in [9.17, 15) is 19.8 Å². The zero-order valence-electron chi connectivity index (χ0n) is 23.0. The Bertz CT molecular complexity index is 1120. The fourth-order valence-corrected chi connectivity index (χ4v) is 5.34. The molecule has 2 amide bonds. The smallest absolute Gasteiger partial charge is 0.257 e. The van der Waals surface area contributed by atoms with Gasteiger partial charge in [0.1, 0.15) is 11.5 Å². The molecule has 0 bridgehead atoms. The van der Waals surface area contributed by atoms with Crippen LogP contribution in [0.4, 0.5) is 0 Å². The number of para-hydroxylation sites is 1. The van der Waals surface area contributed by atoms with Gasteiger partial charge in [0.15, 0.2) is 6.61 Å². The number of rotatable bonds is 6. The van der Waals surface area contributed by atoms with Crippen molar-refractivity contribution in [3.8, 4) is 11.5 Å². The van der Waals surface area contributed by atoms with E-state index >= 15 is 0 Å². The number of aliphatic hydroxyl groups excluding tert-OH is 2. The second kappa shape index (κ2) is 13.3. The Morgan fingerprint density at radius 1 is 1.13 bits per heavy atom. The van der Waals surface area contributed by atoms with Crippen molar-refractivity contribution < 1.29 is 29.3 Å². The van der Waals surface area contributed by atoms with E-state index in [0.717, 1.165) is 18.5 Å². The molecule has 0 aromatic heterocycles. The lowest BCUT2D eigenvalue weighted by Gasteiger charge is -2.43. The molecule has 1 saturated heterocycles. The summed E-state index contributed by atoms with van der Waals surface area (Å²) in [6.07, 6.45) is 0.708. The normalized spacial score (nSPS) is 21.8. The van der Waals surface area contributed by atoms with E-state index in [4.69, 9.17) is 9.47 Å². The Balaban J connectivity index is 1.39. The minimum Gasteiger partial charge on any atom is -0.494 e. The van der Waals surface area contributed by atoms with Gasteiger partial charge < -0.3 is 34.8 Å². The molecule has 2 aliphatic heterocycles. The summed E-state index contributed by atoms with van der Waals surface area (Å²) in [4.78, 5) is 29.8. The summed E-state index contributed by atoms with van der Waals surface area (Å²) in [6.45, 7) is 2.72. The molecule has 39 heavy (non-hydrogen) atoms. The molecular weight excluding hydrogens is 498 g/mol. The number of likely N-dealkylation sites (tertiary alicyclic amines) is 1. The predicted molar refractivity (Wildman–Crippen MR) is 148 cm³/mol. The Kier molecular flexibility index (Phi) is 9.83. The Labute approximate surface area is 230 Å². The molecule has 9 nitrogen and oxygen atoms in total. The van der Waals surface area contributed by atoms with Crippen LogP contribution in [0.15, 0.2) is 48.5 Å². The van der Waals surface area contributed by atoms with Crippen molar-refractivity contribution in [3.05, 3.63) is 59.7 Å². The molecule has 0 unspecified atom stereocenters. The highest BCUT2D eigenvalue weighted by Gasteiger charge is 2.39. The third kappa shape index (κ3) is 7.94. The van der Waals surface area contributed by atoms with E-state index in [1.807, 2.05) is 49.3 Å². The number of hydrogen-bond acceptors (Lipinski definition) is 7. The van der Waals surface area contributed by atoms with Crippen LogP contribution in [0.2, 0.25) is 0 Å². The van der Waals surface area contributed by atoms with Crippen LogP contribution in [0.1, 0.15) is 41.6 Å². The van der Waals surface area contributed by atoms with Crippen LogP contribution in [0.25, 0.3) is 0 Å². The van der Waals surface area contributed by atoms with Gasteiger partial charge >= 0.3 is 0 Å². The second-order valence-electron chi connectivity index (χ2n) is 11.0. The highest BCUT2D eigenvalue weighted by molar-refractivity contribution is 5.94. The maximum atomic E-state index is 13.3. The van der Waals surface area contributed by atoms with Gasteiger partial charge in [-0.25, -0.2) is 0 Å². The van der Waals surface area contributed by atoms with Gasteiger partial charge in [0.2, 0.25) is 0 Å². The number of carbonyl (C=O) groups is 2. The molecule has 1 spiro atoms. The van der Waals surface area contributed by atoms with E-state index in [1.54, 1.807) is 18.2 Å². The Morgan fingerprint density at radius 2 is 1.90 bits per heavy atom. The lowest BCUT2D eigenvalue weighted by atomic mass is 9.73. The number of carbonyl (C=O) groups excluding carboxylic acids is 2. The number of fused-ring (bicyclic) bond motifs is 1. The van der Waals surface area contributed by atoms with E-state index in [0.29, 0.717) is 62.6 Å². The lowest BCUT2D eigenvalue weighted by Crippen LogP contribution is -2.51. The number of hydrogen-bond donors (Lipinski definition) is 3. The molecule has 2 heterocycles. The minimum absolute atomic E-state index is 0.0635. The van der Waals surface area contributed by atoms with Gasteiger partial charge in [0.25, 0.3) is 11.8 Å². The van der Waals surface area contributed by atoms with Crippen LogP contribution >= 0.6 is 0 Å². The van der Waals surface area contributed by atoms with Crippen LogP contribution in [0.5, 0.6) is 11.5 Å². The summed E-state index contributed by atoms with van der Waals surface area (Å²) in [5.74, 6) is 0.909. The van der Waals surface area contributed by atoms with E-state index in [2.05, 4.69) is 10.2 Å². The van der Waals surface area contributed by atoms with Gasteiger partial charge in [0, 0.05) is 38.2 Å². The molecule has 9 heteroatoms. The molecule has 2 aromatic carbocycles. The monoisotopic (exact) mass is 539 g/mol. The van der Waals surface area contributed by atoms with Crippen molar-refractivity contribution in [2.75, 3.05) is 53.5 Å². The second-order valence-corrected chi connectivity index (χ2v) is 11.0. The molecule has 3 N–H and O–H groups in total. The molecule has 0 saturated carbocycles. The summed E-state index contributed by atoms with van der Waals surface area (Å²) in [7, 11) is 4.04. The minimum atomic E-state index is -0.974. The average Bonchev–Trinajstić information content (AvgIpc) is 2.93. The summed E-state index contributed by atoms with van der Waals surface area (Å²) in [5, 5.41) is 24.8. The molecule has 1 fully saturated rings. The van der Waals surface area contributed by atoms with Crippen molar-refractivity contribution in [1.29, 1.82) is 0 Å². The van der Waals surface area contributed by atoms with E-state index < -0.39 is 17.6 Å². The number of aliphatic hydroxyl groups is 2. The highest BCUT2D eigenvalue weighted by Crippen LogP contribution is 2.37. The zero-order chi connectivity index (χ0) is 27.8. The third-order valence-electron chi connectivity index (χ3n) is 7.72. The first kappa shape index (κ1) is 28.9. The number of nitrogens with zero attached hydrogens (tertiary/aromatic N) is 2. The topological polar surface area (TPSA) is 112 Å². The SMILES string of the molecule is CN(C)CCCOc1cccc(C(=O)N2CCC3(CC2)CNC(=O)COc2ccccc2C[C@H](O)[C@H](O)C3)c1. The summed E-state index contributed by atoms with van der Waals surface area (Å²) < 4.78 is 11.6. The van der Waals surface area contributed by atoms with Crippen molar-refractivity contribution in [2.45, 2.75) is 44.3 Å². The maximum absolute atomic E-state index is 13.3. The Hall–Kier alpha value is -3.14. The zero-order valence-corrected chi connectivity index (χ0v) is 23.0. The van der Waals surface area contributed by atoms with Gasteiger partial charge in [-0.15, -0.1) is 0 Å². The summed E-state index contributed by atoms with van der Waals surface area (Å²) in [6, 6.07) is 14.5. The van der Waals surface area contributed by atoms with Gasteiger partial charge in [-0.1, -0.05) is 24.3 Å². The van der Waals surface area contributed by atoms with Crippen LogP contribution < -0.4 is 14.8 Å². The van der Waals surface area contributed by atoms with Gasteiger partial charge in [-0.2, -0.15) is 0 Å². The summed E-state index contributed by atoms with van der Waals surface area (Å²) >= 11 is 0. The number of amides is 2. The van der Waals surface area contributed by atoms with Crippen LogP contribution in [0, 0.1) is 5.41 Å². The first-order valence-corrected chi connectivity index (χ1v) is 13.8. The first-order chi connectivity index (χ1) is 18.7. The van der Waals surface area contributed by atoms with Crippen LogP contribution in [-0.2, 0) is 11.2 Å². The lowest BCUT2D eigenvalue weighted by molar-refractivity contribution is -0.124. The van der Waals surface area contributed by atoms with Crippen LogP contribution in [-0.4, -0.2) is 97.5 Å². The maximum Gasteiger partial charge on any atom is 0.257 e. The van der Waals surface area contributed by atoms with Crippen molar-refractivity contribution in [1.82, 2.24) is 15.1 Å². The molecular formula is C30H41N3O6. The van der Waals surface area contributed by atoms with Crippen LogP contribution in [0.3, 0.4) is 0 Å². The summed E-state index contributed by atoms with van der Waals surface area (Å²) in [5.41, 5.74) is 0.883. The molecule has 2 aromatic rings. The van der Waals surface area contributed by atoms with Gasteiger partial charge in [-0.05, 0) is 75.0 Å². The van der Waals surface area contributed by atoms with Gasteiger partial charge in [-0.3, -0.25) is 9.59 Å². The fourth-order valence-electron chi connectivity index (χ4n) is 5.34. The third-order valence-corrected chi connectivity index (χ3v) is 7.72. The highest BCUT2D eigenvalue weighted by atomic mass is 16.5. The first-order valence-electron chi connectivity index (χ1n) is 13.8. The average molecular weight is 540 g/mol. The number of benzene rings is 2. The predicted octanol–water partition coefficient (Wildman–Crippen LogP) is 2.10. The quantitative estimate of drug-likeness (QED) is 0.482. The molecule has 4 rings (SSSR count). The number of nitrogens with one attached hydrogen (secondary N) is 1. The van der Waals surface area contributed by atoms with E-state index in [-0.39, 0.29) is 24.8 Å². The molecule has 212 valence electrons. The largest absolute Gasteiger partial charge is 0.494 e. The van der Waals surface area contributed by atoms with E-state index in [1.165, 1.54) is 0 Å². The van der Waals surface area contributed by atoms with Crippen molar-refractivity contribution in [3.63, 3.8) is 0 Å². The molecule has 2 atom stereocenters. The number of ether oxygens (including phenoxy) is 2. The Morgan fingerprint density at radius 3 is 2.67 bits per heavy atom.